The molecule has 3 aromatic rings. The summed E-state index contributed by atoms with van der Waals surface area (Å²) in [4.78, 5) is 31.0. The zero-order valence-electron chi connectivity index (χ0n) is 15.9. The first-order valence-corrected chi connectivity index (χ1v) is 8.77. The van der Waals surface area contributed by atoms with Crippen molar-refractivity contribution < 1.29 is 4.79 Å². The van der Waals surface area contributed by atoms with Gasteiger partial charge >= 0.3 is 0 Å². The van der Waals surface area contributed by atoms with E-state index in [1.165, 1.54) is 0 Å². The molecule has 0 fully saturated rings. The number of anilines is 1. The maximum Gasteiger partial charge on any atom is 0.266 e. The molecule has 28 heavy (non-hydrogen) atoms. The Balaban J connectivity index is 1.65. The third-order valence-electron chi connectivity index (χ3n) is 4.55. The quantitative estimate of drug-likeness (QED) is 0.708. The SMILES string of the molecule is Cc1[nH]c(=O)c(C#N)c(C)c1CCC(=O)Nc1ccc(-c2ncn(C)n2)cc1. The van der Waals surface area contributed by atoms with Crippen LogP contribution in [0.4, 0.5) is 5.69 Å². The van der Waals surface area contributed by atoms with E-state index < -0.39 is 5.56 Å². The van der Waals surface area contributed by atoms with Gasteiger partial charge in [0.1, 0.15) is 18.0 Å². The molecule has 0 aliphatic carbocycles. The smallest absolute Gasteiger partial charge is 0.266 e. The number of nitrogens with one attached hydrogen (secondary N) is 2. The zero-order chi connectivity index (χ0) is 20.3. The number of H-pyrrole nitrogens is 1. The number of hydrogen-bond donors (Lipinski definition) is 2. The molecule has 2 N–H and O–H groups in total. The Bertz CT molecular complexity index is 1120. The number of amides is 1. The van der Waals surface area contributed by atoms with Crippen LogP contribution in [-0.2, 0) is 18.3 Å². The number of aryl methyl sites for hydroxylation is 2. The van der Waals surface area contributed by atoms with Crippen molar-refractivity contribution in [1.82, 2.24) is 19.7 Å². The molecule has 0 saturated heterocycles. The van der Waals surface area contributed by atoms with Crippen LogP contribution in [0, 0.1) is 25.2 Å². The predicted molar refractivity (Wildman–Crippen MR) is 105 cm³/mol. The molecule has 0 aliphatic heterocycles. The maximum absolute atomic E-state index is 12.3. The molecule has 8 heteroatoms. The van der Waals surface area contributed by atoms with Gasteiger partial charge < -0.3 is 10.3 Å². The Labute approximate surface area is 161 Å². The van der Waals surface area contributed by atoms with Gasteiger partial charge in [0, 0.05) is 30.4 Å². The van der Waals surface area contributed by atoms with E-state index in [2.05, 4.69) is 20.4 Å². The van der Waals surface area contributed by atoms with Crippen molar-refractivity contribution in [3.05, 3.63) is 63.3 Å². The number of carbonyl (C=O) groups excluding carboxylic acids is 1. The molecular weight excluding hydrogens is 356 g/mol. The topological polar surface area (TPSA) is 116 Å². The molecule has 0 spiro atoms. The van der Waals surface area contributed by atoms with Crippen LogP contribution in [0.1, 0.15) is 28.8 Å². The fraction of sp³-hybridized carbons (Fsp3) is 0.250. The second-order valence-electron chi connectivity index (χ2n) is 6.54. The minimum Gasteiger partial charge on any atom is -0.326 e. The summed E-state index contributed by atoms with van der Waals surface area (Å²) in [5, 5.41) is 16.2. The lowest BCUT2D eigenvalue weighted by Crippen LogP contribution is -2.18. The number of hydrogen-bond acceptors (Lipinski definition) is 5. The van der Waals surface area contributed by atoms with E-state index in [1.807, 2.05) is 18.2 Å². The molecule has 0 aliphatic rings. The molecule has 142 valence electrons. The summed E-state index contributed by atoms with van der Waals surface area (Å²) in [5.41, 5.74) is 3.38. The minimum atomic E-state index is -0.395. The van der Waals surface area contributed by atoms with Crippen molar-refractivity contribution in [3.63, 3.8) is 0 Å². The summed E-state index contributed by atoms with van der Waals surface area (Å²) >= 11 is 0. The van der Waals surface area contributed by atoms with Crippen molar-refractivity contribution in [2.24, 2.45) is 7.05 Å². The highest BCUT2D eigenvalue weighted by Gasteiger charge is 2.13. The molecule has 8 nitrogen and oxygen atoms in total. The van der Waals surface area contributed by atoms with E-state index >= 15 is 0 Å². The first-order chi connectivity index (χ1) is 13.4. The van der Waals surface area contributed by atoms with E-state index in [0.717, 1.165) is 11.1 Å². The van der Waals surface area contributed by atoms with Gasteiger partial charge in [-0.1, -0.05) is 0 Å². The van der Waals surface area contributed by atoms with Gasteiger partial charge in [-0.15, -0.1) is 0 Å². The molecule has 0 radical (unpaired) electrons. The lowest BCUT2D eigenvalue weighted by atomic mass is 9.99. The van der Waals surface area contributed by atoms with Crippen molar-refractivity contribution in [1.29, 1.82) is 5.26 Å². The third-order valence-corrected chi connectivity index (χ3v) is 4.55. The number of aromatic nitrogens is 4. The Morgan fingerprint density at radius 2 is 2.00 bits per heavy atom. The lowest BCUT2D eigenvalue weighted by Gasteiger charge is -2.11. The summed E-state index contributed by atoms with van der Waals surface area (Å²) in [6.45, 7) is 3.51. The van der Waals surface area contributed by atoms with Crippen LogP contribution in [0.25, 0.3) is 11.4 Å². The van der Waals surface area contributed by atoms with Crippen molar-refractivity contribution in [3.8, 4) is 17.5 Å². The largest absolute Gasteiger partial charge is 0.326 e. The van der Waals surface area contributed by atoms with E-state index in [0.29, 0.717) is 29.2 Å². The number of benzene rings is 1. The number of carbonyl (C=O) groups is 1. The van der Waals surface area contributed by atoms with Crippen LogP contribution in [0.3, 0.4) is 0 Å². The van der Waals surface area contributed by atoms with Crippen LogP contribution in [0.2, 0.25) is 0 Å². The van der Waals surface area contributed by atoms with Gasteiger partial charge in [-0.05, 0) is 55.7 Å². The van der Waals surface area contributed by atoms with Crippen molar-refractivity contribution in [2.75, 3.05) is 5.32 Å². The molecule has 0 saturated carbocycles. The molecular formula is C20H20N6O2. The number of nitriles is 1. The second-order valence-corrected chi connectivity index (χ2v) is 6.54. The van der Waals surface area contributed by atoms with Gasteiger partial charge in [0.05, 0.1) is 0 Å². The highest BCUT2D eigenvalue weighted by Crippen LogP contribution is 2.19. The number of rotatable bonds is 5. The predicted octanol–water partition coefficient (Wildman–Crippen LogP) is 2.23. The molecule has 0 unspecified atom stereocenters. The minimum absolute atomic E-state index is 0.0970. The van der Waals surface area contributed by atoms with Crippen LogP contribution in [0.15, 0.2) is 35.4 Å². The summed E-state index contributed by atoms with van der Waals surface area (Å²) in [5.74, 6) is 0.477. The van der Waals surface area contributed by atoms with E-state index in [9.17, 15) is 9.59 Å². The lowest BCUT2D eigenvalue weighted by molar-refractivity contribution is -0.116. The summed E-state index contributed by atoms with van der Waals surface area (Å²) in [7, 11) is 1.80. The zero-order valence-corrected chi connectivity index (χ0v) is 15.9. The van der Waals surface area contributed by atoms with Gasteiger partial charge in [0.2, 0.25) is 5.91 Å². The number of aromatic amines is 1. The summed E-state index contributed by atoms with van der Waals surface area (Å²) < 4.78 is 1.63. The molecule has 3 rings (SSSR count). The van der Waals surface area contributed by atoms with Crippen LogP contribution >= 0.6 is 0 Å². The van der Waals surface area contributed by atoms with E-state index in [4.69, 9.17) is 5.26 Å². The molecule has 0 atom stereocenters. The highest BCUT2D eigenvalue weighted by molar-refractivity contribution is 5.91. The molecule has 2 heterocycles. The van der Waals surface area contributed by atoms with Crippen molar-refractivity contribution >= 4 is 11.6 Å². The van der Waals surface area contributed by atoms with Crippen LogP contribution in [-0.4, -0.2) is 25.7 Å². The first kappa shape index (κ1) is 19.0. The standard InChI is InChI=1S/C20H20N6O2/c1-12-16(13(2)23-20(28)17(12)10-21)8-9-18(27)24-15-6-4-14(5-7-15)19-22-11-26(3)25-19/h4-7,11H,8-9H2,1-3H3,(H,23,28)(H,24,27). The fourth-order valence-corrected chi connectivity index (χ4v) is 3.06. The number of nitrogens with zero attached hydrogens (tertiary/aromatic N) is 4. The Morgan fingerprint density at radius 1 is 1.29 bits per heavy atom. The maximum atomic E-state index is 12.3. The van der Waals surface area contributed by atoms with E-state index in [-0.39, 0.29) is 17.9 Å². The van der Waals surface area contributed by atoms with E-state index in [1.54, 1.807) is 44.0 Å². The van der Waals surface area contributed by atoms with Gasteiger partial charge in [0.25, 0.3) is 5.56 Å². The number of pyridine rings is 1. The summed E-state index contributed by atoms with van der Waals surface area (Å²) in [6, 6.07) is 9.22. The molecule has 0 bridgehead atoms. The Hall–Kier alpha value is -3.73. The van der Waals surface area contributed by atoms with Gasteiger partial charge in [-0.25, -0.2) is 4.98 Å². The van der Waals surface area contributed by atoms with Crippen molar-refractivity contribution in [2.45, 2.75) is 26.7 Å². The van der Waals surface area contributed by atoms with Gasteiger partial charge in [-0.2, -0.15) is 10.4 Å². The monoisotopic (exact) mass is 376 g/mol. The van der Waals surface area contributed by atoms with Gasteiger partial charge in [0.15, 0.2) is 5.82 Å². The molecule has 1 amide bonds. The highest BCUT2D eigenvalue weighted by atomic mass is 16.1. The third kappa shape index (κ3) is 3.99. The van der Waals surface area contributed by atoms with Crippen LogP contribution < -0.4 is 10.9 Å². The first-order valence-electron chi connectivity index (χ1n) is 8.77. The Morgan fingerprint density at radius 3 is 2.61 bits per heavy atom. The Kier molecular flexibility index (Phi) is 5.36. The second kappa shape index (κ2) is 7.88. The van der Waals surface area contributed by atoms with Crippen LogP contribution in [0.5, 0.6) is 0 Å². The average Bonchev–Trinajstić information content (AvgIpc) is 3.08. The molecule has 2 aromatic heterocycles. The summed E-state index contributed by atoms with van der Waals surface area (Å²) in [6.07, 6.45) is 2.30. The normalized spacial score (nSPS) is 10.5. The fourth-order valence-electron chi connectivity index (χ4n) is 3.06. The average molecular weight is 376 g/mol. The van der Waals surface area contributed by atoms with Gasteiger partial charge in [-0.3, -0.25) is 14.3 Å². The molecule has 1 aromatic carbocycles.